The number of ketones is 1. The standard InChI is InChI=1S/C23H14F2N4O2/c24-17-5-4-14(22(26)31)20(25)19(17)21(30)16-10-29-23-15(16)8-11(9-28-23)12-2-1-3-18-13(12)6-7-27-18/h1-10,27H,(H2,26,31)(H,28,29). The molecule has 0 saturated carbocycles. The first-order valence-corrected chi connectivity index (χ1v) is 9.32. The van der Waals surface area contributed by atoms with E-state index in [4.69, 9.17) is 5.73 Å². The van der Waals surface area contributed by atoms with Gasteiger partial charge in [0, 0.05) is 46.0 Å². The predicted octanol–water partition coefficient (Wildman–Crippen LogP) is 4.32. The van der Waals surface area contributed by atoms with E-state index in [0.29, 0.717) is 11.0 Å². The van der Waals surface area contributed by atoms with Crippen LogP contribution in [0, 0.1) is 11.6 Å². The Morgan fingerprint density at radius 3 is 2.61 bits per heavy atom. The monoisotopic (exact) mass is 416 g/mol. The molecular weight excluding hydrogens is 402 g/mol. The second-order valence-corrected chi connectivity index (χ2v) is 7.04. The number of carbonyl (C=O) groups is 2. The third-order valence-corrected chi connectivity index (χ3v) is 5.27. The van der Waals surface area contributed by atoms with E-state index in [-0.39, 0.29) is 5.56 Å². The van der Waals surface area contributed by atoms with Gasteiger partial charge in [-0.3, -0.25) is 9.59 Å². The molecule has 3 heterocycles. The molecule has 5 aromatic rings. The quantitative estimate of drug-likeness (QED) is 0.380. The first kappa shape index (κ1) is 18.7. The molecule has 0 aliphatic heterocycles. The predicted molar refractivity (Wildman–Crippen MR) is 112 cm³/mol. The van der Waals surface area contributed by atoms with Crippen LogP contribution in [-0.2, 0) is 0 Å². The molecule has 0 unspecified atom stereocenters. The highest BCUT2D eigenvalue weighted by Gasteiger charge is 2.26. The lowest BCUT2D eigenvalue weighted by atomic mass is 9.97. The van der Waals surface area contributed by atoms with Gasteiger partial charge in [-0.05, 0) is 35.9 Å². The van der Waals surface area contributed by atoms with Crippen molar-refractivity contribution in [1.82, 2.24) is 15.0 Å². The highest BCUT2D eigenvalue weighted by molar-refractivity contribution is 6.17. The average Bonchev–Trinajstić information content (AvgIpc) is 3.39. The maximum Gasteiger partial charge on any atom is 0.251 e. The van der Waals surface area contributed by atoms with Crippen LogP contribution in [0.2, 0.25) is 0 Å². The number of nitrogens with two attached hydrogens (primary N) is 1. The minimum absolute atomic E-state index is 0.0324. The van der Waals surface area contributed by atoms with Crippen LogP contribution in [-0.4, -0.2) is 26.6 Å². The number of hydrogen-bond acceptors (Lipinski definition) is 3. The van der Waals surface area contributed by atoms with E-state index in [2.05, 4.69) is 15.0 Å². The average molecular weight is 416 g/mol. The highest BCUT2D eigenvalue weighted by atomic mass is 19.1. The number of pyridine rings is 1. The van der Waals surface area contributed by atoms with Gasteiger partial charge in [-0.1, -0.05) is 12.1 Å². The number of aromatic amines is 2. The maximum atomic E-state index is 14.7. The van der Waals surface area contributed by atoms with Gasteiger partial charge in [0.05, 0.1) is 11.1 Å². The molecule has 1 amide bonds. The summed E-state index contributed by atoms with van der Waals surface area (Å²) in [6.45, 7) is 0. The van der Waals surface area contributed by atoms with Crippen LogP contribution in [0.25, 0.3) is 33.1 Å². The molecule has 0 bridgehead atoms. The van der Waals surface area contributed by atoms with E-state index >= 15 is 0 Å². The molecule has 8 heteroatoms. The van der Waals surface area contributed by atoms with Crippen molar-refractivity contribution in [3.05, 3.63) is 89.4 Å². The normalized spacial score (nSPS) is 11.3. The van der Waals surface area contributed by atoms with Crippen LogP contribution in [0.15, 0.2) is 61.1 Å². The molecule has 0 radical (unpaired) electrons. The Balaban J connectivity index is 1.68. The second kappa shape index (κ2) is 6.88. The maximum absolute atomic E-state index is 14.7. The fraction of sp³-hybridized carbons (Fsp3) is 0. The molecule has 31 heavy (non-hydrogen) atoms. The zero-order valence-corrected chi connectivity index (χ0v) is 15.9. The zero-order valence-electron chi connectivity index (χ0n) is 15.9. The van der Waals surface area contributed by atoms with Gasteiger partial charge in [-0.15, -0.1) is 0 Å². The summed E-state index contributed by atoms with van der Waals surface area (Å²) in [5.41, 5.74) is 6.73. The number of rotatable bonds is 4. The van der Waals surface area contributed by atoms with Crippen molar-refractivity contribution >= 4 is 33.6 Å². The van der Waals surface area contributed by atoms with E-state index < -0.39 is 34.5 Å². The lowest BCUT2D eigenvalue weighted by Crippen LogP contribution is -2.17. The van der Waals surface area contributed by atoms with Gasteiger partial charge in [0.25, 0.3) is 5.91 Å². The van der Waals surface area contributed by atoms with Gasteiger partial charge in [0.1, 0.15) is 17.3 Å². The number of nitrogens with one attached hydrogen (secondary N) is 2. The molecule has 0 aliphatic rings. The molecule has 0 aliphatic carbocycles. The summed E-state index contributed by atoms with van der Waals surface area (Å²) in [5, 5.41) is 1.37. The number of hydrogen-bond donors (Lipinski definition) is 3. The van der Waals surface area contributed by atoms with Gasteiger partial charge in [0.15, 0.2) is 0 Å². The summed E-state index contributed by atoms with van der Waals surface area (Å²) in [6.07, 6.45) is 4.82. The SMILES string of the molecule is NC(=O)c1ccc(F)c(C(=O)c2c[nH]c3ncc(-c4cccc5[nH]ccc45)cc23)c1F. The lowest BCUT2D eigenvalue weighted by molar-refractivity contribution is 0.0996. The minimum atomic E-state index is -1.28. The molecule has 4 N–H and O–H groups in total. The molecule has 3 aromatic heterocycles. The van der Waals surface area contributed by atoms with Gasteiger partial charge < -0.3 is 15.7 Å². The lowest BCUT2D eigenvalue weighted by Gasteiger charge is -2.07. The Bertz CT molecular complexity index is 1520. The summed E-state index contributed by atoms with van der Waals surface area (Å²) < 4.78 is 29.1. The van der Waals surface area contributed by atoms with Crippen molar-refractivity contribution < 1.29 is 18.4 Å². The van der Waals surface area contributed by atoms with Crippen molar-refractivity contribution in [1.29, 1.82) is 0 Å². The van der Waals surface area contributed by atoms with Crippen molar-refractivity contribution in [3.63, 3.8) is 0 Å². The molecule has 5 rings (SSSR count). The third kappa shape index (κ3) is 2.88. The molecule has 6 nitrogen and oxygen atoms in total. The summed E-state index contributed by atoms with van der Waals surface area (Å²) >= 11 is 0. The first-order chi connectivity index (χ1) is 15.0. The number of carbonyl (C=O) groups excluding carboxylic acids is 2. The van der Waals surface area contributed by atoms with Crippen LogP contribution in [0.3, 0.4) is 0 Å². The van der Waals surface area contributed by atoms with Gasteiger partial charge in [0.2, 0.25) is 5.78 Å². The summed E-state index contributed by atoms with van der Waals surface area (Å²) in [6, 6.07) is 11.2. The van der Waals surface area contributed by atoms with Crippen molar-refractivity contribution in [2.45, 2.75) is 0 Å². The number of aromatic nitrogens is 3. The second-order valence-electron chi connectivity index (χ2n) is 7.04. The fourth-order valence-electron chi connectivity index (χ4n) is 3.76. The van der Waals surface area contributed by atoms with Crippen LogP contribution < -0.4 is 5.73 Å². The van der Waals surface area contributed by atoms with E-state index in [1.807, 2.05) is 30.5 Å². The highest BCUT2D eigenvalue weighted by Crippen LogP contribution is 2.31. The minimum Gasteiger partial charge on any atom is -0.366 e. The number of fused-ring (bicyclic) bond motifs is 2. The fourth-order valence-corrected chi connectivity index (χ4v) is 3.76. The smallest absolute Gasteiger partial charge is 0.251 e. The Kier molecular flexibility index (Phi) is 4.14. The van der Waals surface area contributed by atoms with Crippen LogP contribution >= 0.6 is 0 Å². The number of amides is 1. The van der Waals surface area contributed by atoms with Crippen molar-refractivity contribution in [3.8, 4) is 11.1 Å². The molecule has 0 spiro atoms. The van der Waals surface area contributed by atoms with E-state index in [1.54, 1.807) is 12.3 Å². The van der Waals surface area contributed by atoms with Crippen LogP contribution in [0.5, 0.6) is 0 Å². The third-order valence-electron chi connectivity index (χ3n) is 5.27. The van der Waals surface area contributed by atoms with Crippen molar-refractivity contribution in [2.24, 2.45) is 5.73 Å². The summed E-state index contributed by atoms with van der Waals surface area (Å²) in [7, 11) is 0. The zero-order chi connectivity index (χ0) is 21.7. The molecule has 152 valence electrons. The first-order valence-electron chi connectivity index (χ1n) is 9.32. The van der Waals surface area contributed by atoms with E-state index in [0.717, 1.165) is 34.2 Å². The summed E-state index contributed by atoms with van der Waals surface area (Å²) in [5.74, 6) is -4.37. The number of H-pyrrole nitrogens is 2. The molecule has 0 atom stereocenters. The number of benzene rings is 2. The molecule has 0 fully saturated rings. The molecule has 0 saturated heterocycles. The number of halogens is 2. The molecular formula is C23H14F2N4O2. The van der Waals surface area contributed by atoms with Crippen LogP contribution in [0.4, 0.5) is 8.78 Å². The Hall–Kier alpha value is -4.33. The molecule has 2 aromatic carbocycles. The summed E-state index contributed by atoms with van der Waals surface area (Å²) in [4.78, 5) is 34.8. The topological polar surface area (TPSA) is 105 Å². The van der Waals surface area contributed by atoms with Crippen LogP contribution in [0.1, 0.15) is 26.3 Å². The Morgan fingerprint density at radius 2 is 1.81 bits per heavy atom. The number of primary amides is 1. The Labute approximate surface area is 173 Å². The van der Waals surface area contributed by atoms with E-state index in [1.165, 1.54) is 6.20 Å². The van der Waals surface area contributed by atoms with Crippen molar-refractivity contribution in [2.75, 3.05) is 0 Å². The Morgan fingerprint density at radius 1 is 0.968 bits per heavy atom. The van der Waals surface area contributed by atoms with E-state index in [9.17, 15) is 18.4 Å². The number of nitrogens with zero attached hydrogens (tertiary/aromatic N) is 1. The van der Waals surface area contributed by atoms with Gasteiger partial charge in [-0.2, -0.15) is 0 Å². The van der Waals surface area contributed by atoms with Gasteiger partial charge in [-0.25, -0.2) is 13.8 Å². The largest absolute Gasteiger partial charge is 0.366 e. The van der Waals surface area contributed by atoms with Gasteiger partial charge >= 0.3 is 0 Å².